The first-order valence-corrected chi connectivity index (χ1v) is 13.9. The highest BCUT2D eigenvalue weighted by Crippen LogP contribution is 2.70. The Labute approximate surface area is 230 Å². The van der Waals surface area contributed by atoms with Gasteiger partial charge in [0, 0.05) is 18.3 Å². The van der Waals surface area contributed by atoms with E-state index in [4.69, 9.17) is 0 Å². The Bertz CT molecular complexity index is 1340. The molecule has 7 atom stereocenters. The molecule has 1 saturated carbocycles. The molecule has 0 radical (unpaired) electrons. The van der Waals surface area contributed by atoms with Gasteiger partial charge in [-0.1, -0.05) is 64.8 Å². The zero-order valence-electron chi connectivity index (χ0n) is 24.2. The van der Waals surface area contributed by atoms with Gasteiger partial charge in [-0.3, -0.25) is 24.0 Å². The Kier molecular flexibility index (Phi) is 6.95. The first kappa shape index (κ1) is 29.1. The molecule has 1 aromatic carbocycles. The van der Waals surface area contributed by atoms with Gasteiger partial charge < -0.3 is 10.2 Å². The fourth-order valence-electron chi connectivity index (χ4n) is 8.75. The monoisotopic (exact) mass is 536 g/mol. The van der Waals surface area contributed by atoms with Crippen molar-refractivity contribution in [2.75, 3.05) is 0 Å². The number of ketones is 5. The number of hydrogen-bond donors (Lipinski definition) is 2. The Morgan fingerprint density at radius 1 is 1.08 bits per heavy atom. The van der Waals surface area contributed by atoms with Gasteiger partial charge in [0.15, 0.2) is 23.0 Å². The number of phenols is 1. The molecular formula is C32H40O7. The predicted octanol–water partition coefficient (Wildman–Crippen LogP) is 4.77. The molecule has 2 N–H and O–H groups in total. The maximum absolute atomic E-state index is 14.6. The van der Waals surface area contributed by atoms with Crippen molar-refractivity contribution in [2.24, 2.45) is 34.5 Å². The summed E-state index contributed by atoms with van der Waals surface area (Å²) >= 11 is 0. The predicted molar refractivity (Wildman–Crippen MR) is 145 cm³/mol. The molecule has 39 heavy (non-hydrogen) atoms. The van der Waals surface area contributed by atoms with E-state index in [2.05, 4.69) is 0 Å². The van der Waals surface area contributed by atoms with E-state index in [0.717, 1.165) is 0 Å². The van der Waals surface area contributed by atoms with Crippen LogP contribution in [0.4, 0.5) is 0 Å². The van der Waals surface area contributed by atoms with Gasteiger partial charge in [-0.05, 0) is 55.1 Å². The van der Waals surface area contributed by atoms with Crippen molar-refractivity contribution in [3.8, 4) is 5.75 Å². The third kappa shape index (κ3) is 3.47. The number of allylic oxidation sites excluding steroid dienone is 1. The lowest BCUT2D eigenvalue weighted by atomic mass is 9.35. The maximum atomic E-state index is 14.6. The molecular weight excluding hydrogens is 496 g/mol. The van der Waals surface area contributed by atoms with Crippen molar-refractivity contribution in [3.63, 3.8) is 0 Å². The molecule has 4 rings (SSSR count). The van der Waals surface area contributed by atoms with E-state index in [9.17, 15) is 34.2 Å². The van der Waals surface area contributed by atoms with E-state index in [-0.39, 0.29) is 35.9 Å². The van der Waals surface area contributed by atoms with Crippen molar-refractivity contribution < 1.29 is 34.2 Å². The second-order valence-corrected chi connectivity index (χ2v) is 12.6. The minimum atomic E-state index is -2.69. The molecule has 210 valence electrons. The summed E-state index contributed by atoms with van der Waals surface area (Å²) in [4.78, 5) is 69.1. The van der Waals surface area contributed by atoms with Crippen LogP contribution in [0, 0.1) is 34.5 Å². The van der Waals surface area contributed by atoms with E-state index in [0.29, 0.717) is 23.1 Å². The SMILES string of the molecule is CCCC(=O)C[C@H]1[C@@]2(C)C(C(=O)c3c(O)cccc3[C@@H]2C)C(=O)[C@]2(O)C(=O)C(C(C)=O)C(C)=C(C(C)C)[C@]12C. The van der Waals surface area contributed by atoms with Gasteiger partial charge in [0.1, 0.15) is 23.2 Å². The van der Waals surface area contributed by atoms with E-state index < -0.39 is 63.2 Å². The molecule has 0 heterocycles. The number of fused-ring (bicyclic) bond motifs is 3. The number of carbonyl (C=O) groups excluding carboxylic acids is 5. The molecule has 0 bridgehead atoms. The van der Waals surface area contributed by atoms with E-state index in [1.165, 1.54) is 13.0 Å². The van der Waals surface area contributed by atoms with Crippen LogP contribution in [-0.4, -0.2) is 44.7 Å². The standard InChI is InChI=1S/C32H40O7/c1-9-11-19(34)14-22-30(7)17(5)20-12-10-13-21(35)24(20)27(36)26(30)29(38)32(39)28(37)23(18(6)33)16(4)25(15(2)3)31(22,32)8/h10,12-13,15,17,22-23,26,35,39H,9,11,14H2,1-8H3/t17-,22-,23?,26?,30-,31-,32+/m0/s1. The lowest BCUT2D eigenvalue weighted by Gasteiger charge is -2.66. The minimum absolute atomic E-state index is 0.00819. The maximum Gasteiger partial charge on any atom is 0.192 e. The fourth-order valence-corrected chi connectivity index (χ4v) is 8.75. The van der Waals surface area contributed by atoms with Gasteiger partial charge in [-0.15, -0.1) is 0 Å². The topological polar surface area (TPSA) is 126 Å². The Morgan fingerprint density at radius 2 is 1.69 bits per heavy atom. The van der Waals surface area contributed by atoms with Crippen LogP contribution in [0.2, 0.25) is 0 Å². The van der Waals surface area contributed by atoms with Crippen LogP contribution in [0.5, 0.6) is 5.75 Å². The quantitative estimate of drug-likeness (QED) is 0.396. The first-order valence-electron chi connectivity index (χ1n) is 13.9. The van der Waals surface area contributed by atoms with Crippen molar-refractivity contribution in [1.29, 1.82) is 0 Å². The Balaban J connectivity index is 2.17. The first-order chi connectivity index (χ1) is 18.0. The Morgan fingerprint density at radius 3 is 2.23 bits per heavy atom. The molecule has 0 saturated heterocycles. The summed E-state index contributed by atoms with van der Waals surface area (Å²) in [6.07, 6.45) is 0.845. The molecule has 3 aliphatic carbocycles. The molecule has 1 fully saturated rings. The normalized spacial score (nSPS) is 36.0. The van der Waals surface area contributed by atoms with Crippen LogP contribution in [-0.2, 0) is 19.2 Å². The molecule has 0 amide bonds. The van der Waals surface area contributed by atoms with Gasteiger partial charge in [0.25, 0.3) is 0 Å². The smallest absolute Gasteiger partial charge is 0.192 e. The third-order valence-corrected chi connectivity index (χ3v) is 10.4. The molecule has 7 heteroatoms. The van der Waals surface area contributed by atoms with Gasteiger partial charge >= 0.3 is 0 Å². The highest BCUT2D eigenvalue weighted by Gasteiger charge is 2.77. The largest absolute Gasteiger partial charge is 0.507 e. The molecule has 3 aliphatic rings. The summed E-state index contributed by atoms with van der Waals surface area (Å²) in [5.41, 5.74) is -3.69. The van der Waals surface area contributed by atoms with Crippen molar-refractivity contribution >= 4 is 28.9 Å². The second-order valence-electron chi connectivity index (χ2n) is 12.6. The molecule has 0 aromatic heterocycles. The number of rotatable bonds is 6. The number of benzene rings is 1. The number of phenolic OH excluding ortho intramolecular Hbond substituents is 1. The van der Waals surface area contributed by atoms with Crippen LogP contribution in [0.3, 0.4) is 0 Å². The van der Waals surface area contributed by atoms with Crippen LogP contribution < -0.4 is 0 Å². The lowest BCUT2D eigenvalue weighted by Crippen LogP contribution is -2.77. The summed E-state index contributed by atoms with van der Waals surface area (Å²) in [5.74, 6) is -7.69. The summed E-state index contributed by atoms with van der Waals surface area (Å²) in [6, 6.07) is 4.77. The van der Waals surface area contributed by atoms with Crippen LogP contribution in [0.15, 0.2) is 29.3 Å². The lowest BCUT2D eigenvalue weighted by molar-refractivity contribution is -0.200. The zero-order chi connectivity index (χ0) is 29.4. The number of aliphatic hydroxyl groups is 1. The summed E-state index contributed by atoms with van der Waals surface area (Å²) in [5, 5.41) is 23.2. The average molecular weight is 537 g/mol. The summed E-state index contributed by atoms with van der Waals surface area (Å²) in [7, 11) is 0. The minimum Gasteiger partial charge on any atom is -0.507 e. The van der Waals surface area contributed by atoms with E-state index in [1.54, 1.807) is 26.0 Å². The van der Waals surface area contributed by atoms with E-state index >= 15 is 0 Å². The average Bonchev–Trinajstić information content (AvgIpc) is 2.83. The number of carbonyl (C=O) groups is 5. The molecule has 1 aromatic rings. The van der Waals surface area contributed by atoms with Crippen molar-refractivity contribution in [3.05, 3.63) is 40.5 Å². The number of Topliss-reactive ketones (excluding diaryl/α,β-unsaturated/α-hetero) is 5. The highest BCUT2D eigenvalue weighted by molar-refractivity contribution is 6.27. The molecule has 0 aliphatic heterocycles. The van der Waals surface area contributed by atoms with Crippen LogP contribution in [0.1, 0.15) is 96.5 Å². The molecule has 7 nitrogen and oxygen atoms in total. The van der Waals surface area contributed by atoms with Crippen LogP contribution >= 0.6 is 0 Å². The van der Waals surface area contributed by atoms with Gasteiger partial charge in [0.2, 0.25) is 0 Å². The molecule has 0 spiro atoms. The van der Waals surface area contributed by atoms with Gasteiger partial charge in [-0.2, -0.15) is 0 Å². The summed E-state index contributed by atoms with van der Waals surface area (Å²) in [6.45, 7) is 14.0. The van der Waals surface area contributed by atoms with Crippen molar-refractivity contribution in [1.82, 2.24) is 0 Å². The van der Waals surface area contributed by atoms with E-state index in [1.807, 2.05) is 34.6 Å². The second kappa shape index (κ2) is 9.33. The molecule has 2 unspecified atom stereocenters. The fraction of sp³-hybridized carbons (Fsp3) is 0.594. The van der Waals surface area contributed by atoms with Crippen LogP contribution in [0.25, 0.3) is 0 Å². The Hall–Kier alpha value is -2.93. The van der Waals surface area contributed by atoms with Crippen molar-refractivity contribution in [2.45, 2.75) is 86.2 Å². The third-order valence-electron chi connectivity index (χ3n) is 10.4. The zero-order valence-corrected chi connectivity index (χ0v) is 24.2. The van der Waals surface area contributed by atoms with Gasteiger partial charge in [0.05, 0.1) is 11.5 Å². The van der Waals surface area contributed by atoms with Gasteiger partial charge in [-0.25, -0.2) is 0 Å². The number of hydrogen-bond acceptors (Lipinski definition) is 7. The number of aromatic hydroxyl groups is 1. The highest BCUT2D eigenvalue weighted by atomic mass is 16.3. The summed E-state index contributed by atoms with van der Waals surface area (Å²) < 4.78 is 0.